The fraction of sp³-hybridized carbons (Fsp3) is 0.333. The average Bonchev–Trinajstić information content (AvgIpc) is 2.09. The Bertz CT molecular complexity index is 294. The second-order valence-electron chi connectivity index (χ2n) is 2.85. The van der Waals surface area contributed by atoms with E-state index in [1.54, 1.807) is 0 Å². The molecule has 0 aromatic heterocycles. The molecular weight excluding hydrogens is 210 g/mol. The molecule has 14 heavy (non-hydrogen) atoms. The van der Waals surface area contributed by atoms with Crippen molar-refractivity contribution >= 4 is 12.4 Å². The fourth-order valence-electron chi connectivity index (χ4n) is 1.13. The lowest BCUT2D eigenvalue weighted by molar-refractivity contribution is 0.551. The van der Waals surface area contributed by atoms with E-state index in [2.05, 4.69) is 0 Å². The maximum absolute atomic E-state index is 13.1. The quantitative estimate of drug-likeness (QED) is 0.819. The SMILES string of the molecule is Cl.NCC[C@@H](N)c1cc(F)ccc1F. The maximum atomic E-state index is 13.1. The summed E-state index contributed by atoms with van der Waals surface area (Å²) in [6.45, 7) is 0.358. The summed E-state index contributed by atoms with van der Waals surface area (Å²) < 4.78 is 25.8. The third kappa shape index (κ3) is 3.21. The van der Waals surface area contributed by atoms with Gasteiger partial charge in [-0.1, -0.05) is 0 Å². The molecule has 1 atom stereocenters. The van der Waals surface area contributed by atoms with E-state index in [1.807, 2.05) is 0 Å². The third-order valence-electron chi connectivity index (χ3n) is 1.84. The number of nitrogens with two attached hydrogens (primary N) is 2. The molecule has 0 aliphatic rings. The van der Waals surface area contributed by atoms with E-state index in [-0.39, 0.29) is 18.0 Å². The van der Waals surface area contributed by atoms with E-state index < -0.39 is 17.7 Å². The van der Waals surface area contributed by atoms with Crippen molar-refractivity contribution in [2.75, 3.05) is 6.54 Å². The predicted molar refractivity (Wildman–Crippen MR) is 54.2 cm³/mol. The zero-order valence-electron chi connectivity index (χ0n) is 7.54. The minimum absolute atomic E-state index is 0. The van der Waals surface area contributed by atoms with Crippen molar-refractivity contribution in [2.24, 2.45) is 11.5 Å². The first-order chi connectivity index (χ1) is 6.15. The van der Waals surface area contributed by atoms with Crippen LogP contribution in [0, 0.1) is 11.6 Å². The molecule has 5 heteroatoms. The van der Waals surface area contributed by atoms with E-state index >= 15 is 0 Å². The van der Waals surface area contributed by atoms with Crippen LogP contribution in [-0.2, 0) is 0 Å². The largest absolute Gasteiger partial charge is 0.330 e. The number of halogens is 3. The van der Waals surface area contributed by atoms with Crippen LogP contribution in [0.3, 0.4) is 0 Å². The molecule has 0 aliphatic carbocycles. The van der Waals surface area contributed by atoms with Gasteiger partial charge >= 0.3 is 0 Å². The van der Waals surface area contributed by atoms with Crippen LogP contribution in [0.2, 0.25) is 0 Å². The van der Waals surface area contributed by atoms with Gasteiger partial charge in [0.25, 0.3) is 0 Å². The molecule has 4 N–H and O–H groups in total. The highest BCUT2D eigenvalue weighted by Crippen LogP contribution is 2.18. The van der Waals surface area contributed by atoms with Crippen LogP contribution in [0.4, 0.5) is 8.78 Å². The smallest absolute Gasteiger partial charge is 0.128 e. The average molecular weight is 223 g/mol. The van der Waals surface area contributed by atoms with Gasteiger partial charge in [0.15, 0.2) is 0 Å². The number of hydrogen-bond acceptors (Lipinski definition) is 2. The summed E-state index contributed by atoms with van der Waals surface area (Å²) in [6, 6.07) is 2.71. The molecule has 1 rings (SSSR count). The molecule has 0 aliphatic heterocycles. The Hall–Kier alpha value is -0.710. The lowest BCUT2D eigenvalue weighted by Gasteiger charge is -2.11. The van der Waals surface area contributed by atoms with Crippen molar-refractivity contribution < 1.29 is 8.78 Å². The second kappa shape index (κ2) is 5.90. The lowest BCUT2D eigenvalue weighted by Crippen LogP contribution is -2.16. The summed E-state index contributed by atoms with van der Waals surface area (Å²) in [5.74, 6) is -0.966. The van der Waals surface area contributed by atoms with Crippen LogP contribution in [0.15, 0.2) is 18.2 Å². The monoisotopic (exact) mass is 222 g/mol. The predicted octanol–water partition coefficient (Wildman–Crippen LogP) is 1.74. The molecular formula is C9H13ClF2N2. The Labute approximate surface area is 87.7 Å². The highest BCUT2D eigenvalue weighted by molar-refractivity contribution is 5.85. The standard InChI is InChI=1S/C9H12F2N2.ClH/c10-6-1-2-8(11)7(5-6)9(13)3-4-12;/h1-2,5,9H,3-4,12-13H2;1H/t9-;/m1./s1. The van der Waals surface area contributed by atoms with Gasteiger partial charge < -0.3 is 11.5 Å². The summed E-state index contributed by atoms with van der Waals surface area (Å²) in [6.07, 6.45) is 0.445. The van der Waals surface area contributed by atoms with Crippen molar-refractivity contribution in [1.82, 2.24) is 0 Å². The minimum Gasteiger partial charge on any atom is -0.330 e. The Morgan fingerprint density at radius 1 is 1.29 bits per heavy atom. The van der Waals surface area contributed by atoms with Crippen molar-refractivity contribution in [3.05, 3.63) is 35.4 Å². The van der Waals surface area contributed by atoms with E-state index in [0.29, 0.717) is 13.0 Å². The van der Waals surface area contributed by atoms with Crippen LogP contribution in [0.25, 0.3) is 0 Å². The highest BCUT2D eigenvalue weighted by atomic mass is 35.5. The summed E-state index contributed by atoms with van der Waals surface area (Å²) in [4.78, 5) is 0. The van der Waals surface area contributed by atoms with Gasteiger partial charge in [-0.2, -0.15) is 0 Å². The first-order valence-electron chi connectivity index (χ1n) is 4.05. The van der Waals surface area contributed by atoms with E-state index in [4.69, 9.17) is 11.5 Å². The molecule has 0 saturated heterocycles. The van der Waals surface area contributed by atoms with Gasteiger partial charge in [0.05, 0.1) is 0 Å². The Kier molecular flexibility index (Phi) is 5.60. The molecule has 0 spiro atoms. The van der Waals surface area contributed by atoms with Gasteiger partial charge in [-0.05, 0) is 31.2 Å². The maximum Gasteiger partial charge on any atom is 0.128 e. The van der Waals surface area contributed by atoms with Gasteiger partial charge in [0.1, 0.15) is 11.6 Å². The summed E-state index contributed by atoms with van der Waals surface area (Å²) in [5.41, 5.74) is 11.0. The molecule has 80 valence electrons. The van der Waals surface area contributed by atoms with Gasteiger partial charge in [-0.3, -0.25) is 0 Å². The van der Waals surface area contributed by atoms with E-state index in [0.717, 1.165) is 18.2 Å². The minimum atomic E-state index is -0.527. The second-order valence-corrected chi connectivity index (χ2v) is 2.85. The van der Waals surface area contributed by atoms with Crippen molar-refractivity contribution in [3.63, 3.8) is 0 Å². The topological polar surface area (TPSA) is 52.0 Å². The van der Waals surface area contributed by atoms with Crippen LogP contribution >= 0.6 is 12.4 Å². The van der Waals surface area contributed by atoms with Crippen molar-refractivity contribution in [3.8, 4) is 0 Å². The van der Waals surface area contributed by atoms with Crippen LogP contribution in [-0.4, -0.2) is 6.54 Å². The van der Waals surface area contributed by atoms with Crippen molar-refractivity contribution in [2.45, 2.75) is 12.5 Å². The van der Waals surface area contributed by atoms with Crippen LogP contribution in [0.5, 0.6) is 0 Å². The van der Waals surface area contributed by atoms with Gasteiger partial charge in [0.2, 0.25) is 0 Å². The summed E-state index contributed by atoms with van der Waals surface area (Å²) >= 11 is 0. The normalized spacial score (nSPS) is 12.0. The van der Waals surface area contributed by atoms with E-state index in [1.165, 1.54) is 0 Å². The molecule has 0 unspecified atom stereocenters. The Morgan fingerprint density at radius 3 is 2.50 bits per heavy atom. The molecule has 0 radical (unpaired) electrons. The number of benzene rings is 1. The zero-order chi connectivity index (χ0) is 9.84. The van der Waals surface area contributed by atoms with Gasteiger partial charge in [-0.15, -0.1) is 12.4 Å². The molecule has 0 heterocycles. The molecule has 0 saturated carbocycles. The number of rotatable bonds is 3. The molecule has 0 fully saturated rings. The molecule has 0 amide bonds. The molecule has 1 aromatic rings. The van der Waals surface area contributed by atoms with Crippen molar-refractivity contribution in [1.29, 1.82) is 0 Å². The first kappa shape index (κ1) is 13.3. The first-order valence-corrected chi connectivity index (χ1v) is 4.05. The summed E-state index contributed by atoms with van der Waals surface area (Å²) in [7, 11) is 0. The Morgan fingerprint density at radius 2 is 1.93 bits per heavy atom. The van der Waals surface area contributed by atoms with Gasteiger partial charge in [0, 0.05) is 11.6 Å². The Balaban J connectivity index is 0.00000169. The highest BCUT2D eigenvalue weighted by Gasteiger charge is 2.11. The van der Waals surface area contributed by atoms with Crippen LogP contribution in [0.1, 0.15) is 18.0 Å². The van der Waals surface area contributed by atoms with E-state index in [9.17, 15) is 8.78 Å². The molecule has 0 bridgehead atoms. The number of hydrogen-bond donors (Lipinski definition) is 2. The molecule has 2 nitrogen and oxygen atoms in total. The lowest BCUT2D eigenvalue weighted by atomic mass is 10.0. The zero-order valence-corrected chi connectivity index (χ0v) is 8.36. The summed E-state index contributed by atoms with van der Waals surface area (Å²) in [5, 5.41) is 0. The molecule has 1 aromatic carbocycles. The fourth-order valence-corrected chi connectivity index (χ4v) is 1.13. The van der Waals surface area contributed by atoms with Gasteiger partial charge in [-0.25, -0.2) is 8.78 Å². The third-order valence-corrected chi connectivity index (χ3v) is 1.84. The van der Waals surface area contributed by atoms with Crippen LogP contribution < -0.4 is 11.5 Å².